The molecule has 0 amide bonds. The number of aliphatic imine (C=N–C) groups is 1. The minimum absolute atomic E-state index is 0. The molecule has 2 saturated heterocycles. The number of guanidine groups is 1. The smallest absolute Gasteiger partial charge is 0.194 e. The van der Waals surface area contributed by atoms with Crippen LogP contribution < -0.4 is 15.0 Å². The molecule has 0 aliphatic carbocycles. The fourth-order valence-electron chi connectivity index (χ4n) is 3.82. The Morgan fingerprint density at radius 3 is 2.73 bits per heavy atom. The van der Waals surface area contributed by atoms with Crippen molar-refractivity contribution in [3.63, 3.8) is 0 Å². The molecule has 8 heteroatoms. The van der Waals surface area contributed by atoms with E-state index >= 15 is 0 Å². The van der Waals surface area contributed by atoms with Crippen LogP contribution in [-0.4, -0.2) is 83.2 Å². The minimum atomic E-state index is 0. The minimum Gasteiger partial charge on any atom is -0.495 e. The highest BCUT2D eigenvalue weighted by Gasteiger charge is 2.21. The number of benzene rings is 1. The highest BCUT2D eigenvalue weighted by Crippen LogP contribution is 2.28. The Morgan fingerprint density at radius 2 is 2.03 bits per heavy atom. The standard InChI is InChI=1S/C22H36N4O3.HI/c1-3-23-22(24-11-7-16-28-18-19-8-6-17-29-19)26-14-12-25(13-15-26)20-9-4-5-10-21(20)27-2;/h4-5,9-10,19H,3,6-8,11-18H2,1-2H3,(H,23,24);1H. The maximum atomic E-state index is 5.74. The Hall–Kier alpha value is -1.26. The number of rotatable bonds is 9. The van der Waals surface area contributed by atoms with Gasteiger partial charge in [0, 0.05) is 52.5 Å². The summed E-state index contributed by atoms with van der Waals surface area (Å²) in [6.45, 7) is 9.91. The molecule has 2 fully saturated rings. The van der Waals surface area contributed by atoms with Gasteiger partial charge >= 0.3 is 0 Å². The summed E-state index contributed by atoms with van der Waals surface area (Å²) in [6, 6.07) is 8.23. The molecule has 7 nitrogen and oxygen atoms in total. The molecule has 0 bridgehead atoms. The van der Waals surface area contributed by atoms with Gasteiger partial charge < -0.3 is 29.3 Å². The Morgan fingerprint density at radius 1 is 1.23 bits per heavy atom. The molecule has 1 aromatic carbocycles. The average Bonchev–Trinajstić information content (AvgIpc) is 3.29. The molecule has 2 aliphatic heterocycles. The topological polar surface area (TPSA) is 58.6 Å². The Labute approximate surface area is 198 Å². The lowest BCUT2D eigenvalue weighted by Gasteiger charge is -2.38. The summed E-state index contributed by atoms with van der Waals surface area (Å²) in [6.07, 6.45) is 3.52. The number of piperazine rings is 1. The number of hydrogen-bond donors (Lipinski definition) is 1. The van der Waals surface area contributed by atoms with Crippen molar-refractivity contribution in [1.82, 2.24) is 10.2 Å². The molecule has 1 aromatic rings. The van der Waals surface area contributed by atoms with E-state index in [1.807, 2.05) is 12.1 Å². The fraction of sp³-hybridized carbons (Fsp3) is 0.682. The second-order valence-corrected chi connectivity index (χ2v) is 7.45. The van der Waals surface area contributed by atoms with Crippen LogP contribution in [0.25, 0.3) is 0 Å². The van der Waals surface area contributed by atoms with E-state index in [0.717, 1.165) is 83.5 Å². The summed E-state index contributed by atoms with van der Waals surface area (Å²) in [5.74, 6) is 1.94. The monoisotopic (exact) mass is 532 g/mol. The van der Waals surface area contributed by atoms with Crippen molar-refractivity contribution in [2.75, 3.05) is 71.1 Å². The quantitative estimate of drug-likeness (QED) is 0.229. The summed E-state index contributed by atoms with van der Waals surface area (Å²) in [5, 5.41) is 3.44. The van der Waals surface area contributed by atoms with Gasteiger partial charge in [0.25, 0.3) is 0 Å². The number of halogens is 1. The molecule has 0 spiro atoms. The van der Waals surface area contributed by atoms with Gasteiger partial charge in [-0.1, -0.05) is 12.1 Å². The number of methoxy groups -OCH3 is 1. The van der Waals surface area contributed by atoms with Crippen LogP contribution in [0, 0.1) is 0 Å². The summed E-state index contributed by atoms with van der Waals surface area (Å²) in [4.78, 5) is 9.55. The first kappa shape index (κ1) is 25.0. The number of nitrogens with one attached hydrogen (secondary N) is 1. The predicted molar refractivity (Wildman–Crippen MR) is 133 cm³/mol. The zero-order valence-corrected chi connectivity index (χ0v) is 20.7. The van der Waals surface area contributed by atoms with Crippen LogP contribution in [0.5, 0.6) is 5.75 Å². The number of para-hydroxylation sites is 2. The first-order chi connectivity index (χ1) is 14.3. The number of hydrogen-bond acceptors (Lipinski definition) is 5. The van der Waals surface area contributed by atoms with Gasteiger partial charge in [-0.05, 0) is 38.3 Å². The highest BCUT2D eigenvalue weighted by molar-refractivity contribution is 14.0. The van der Waals surface area contributed by atoms with Crippen molar-refractivity contribution >= 4 is 35.6 Å². The summed E-state index contributed by atoms with van der Waals surface area (Å²) in [7, 11) is 1.73. The van der Waals surface area contributed by atoms with Crippen molar-refractivity contribution in [2.24, 2.45) is 4.99 Å². The second kappa shape index (κ2) is 13.9. The van der Waals surface area contributed by atoms with Crippen molar-refractivity contribution in [3.8, 4) is 5.75 Å². The Balaban J connectivity index is 0.00000320. The van der Waals surface area contributed by atoms with Crippen molar-refractivity contribution in [1.29, 1.82) is 0 Å². The molecular weight excluding hydrogens is 495 g/mol. The van der Waals surface area contributed by atoms with Gasteiger partial charge in [-0.2, -0.15) is 0 Å². The third kappa shape index (κ3) is 7.46. The number of nitrogens with zero attached hydrogens (tertiary/aromatic N) is 3. The molecule has 1 atom stereocenters. The summed E-state index contributed by atoms with van der Waals surface area (Å²) >= 11 is 0. The first-order valence-electron chi connectivity index (χ1n) is 10.9. The van der Waals surface area contributed by atoms with Crippen LogP contribution in [0.4, 0.5) is 5.69 Å². The average molecular weight is 532 g/mol. The third-order valence-corrected chi connectivity index (χ3v) is 5.38. The zero-order chi connectivity index (χ0) is 20.3. The van der Waals surface area contributed by atoms with Gasteiger partial charge in [-0.25, -0.2) is 0 Å². The van der Waals surface area contributed by atoms with Crippen LogP contribution in [0.1, 0.15) is 26.2 Å². The number of ether oxygens (including phenoxy) is 3. The second-order valence-electron chi connectivity index (χ2n) is 7.45. The molecule has 170 valence electrons. The van der Waals surface area contributed by atoms with Crippen LogP contribution in [-0.2, 0) is 9.47 Å². The lowest BCUT2D eigenvalue weighted by Crippen LogP contribution is -2.52. The molecular formula is C22H37IN4O3. The maximum absolute atomic E-state index is 5.74. The molecule has 3 rings (SSSR count). The van der Waals surface area contributed by atoms with Crippen LogP contribution in [0.2, 0.25) is 0 Å². The summed E-state index contributed by atoms with van der Waals surface area (Å²) in [5.41, 5.74) is 1.17. The zero-order valence-electron chi connectivity index (χ0n) is 18.3. The van der Waals surface area contributed by atoms with Crippen LogP contribution in [0.15, 0.2) is 29.3 Å². The molecule has 0 aromatic heterocycles. The van der Waals surface area contributed by atoms with E-state index in [0.29, 0.717) is 12.7 Å². The van der Waals surface area contributed by atoms with Crippen molar-refractivity contribution < 1.29 is 14.2 Å². The SMILES string of the molecule is CCNC(=NCCCOCC1CCCO1)N1CCN(c2ccccc2OC)CC1.I. The Kier molecular flexibility index (Phi) is 11.6. The van der Waals surface area contributed by atoms with Crippen molar-refractivity contribution in [2.45, 2.75) is 32.3 Å². The van der Waals surface area contributed by atoms with Gasteiger partial charge in [0.05, 0.1) is 25.5 Å². The third-order valence-electron chi connectivity index (χ3n) is 5.38. The van der Waals surface area contributed by atoms with Gasteiger partial charge in [0.15, 0.2) is 5.96 Å². The molecule has 0 radical (unpaired) electrons. The summed E-state index contributed by atoms with van der Waals surface area (Å²) < 4.78 is 16.8. The fourth-order valence-corrected chi connectivity index (χ4v) is 3.82. The van der Waals surface area contributed by atoms with Gasteiger partial charge in [0.2, 0.25) is 0 Å². The van der Waals surface area contributed by atoms with E-state index in [1.165, 1.54) is 5.69 Å². The predicted octanol–water partition coefficient (Wildman–Crippen LogP) is 2.99. The maximum Gasteiger partial charge on any atom is 0.194 e. The van der Waals surface area contributed by atoms with Gasteiger partial charge in [-0.3, -0.25) is 4.99 Å². The van der Waals surface area contributed by atoms with E-state index in [4.69, 9.17) is 19.2 Å². The highest BCUT2D eigenvalue weighted by atomic mass is 127. The van der Waals surface area contributed by atoms with E-state index in [2.05, 4.69) is 34.2 Å². The molecule has 1 unspecified atom stereocenters. The van der Waals surface area contributed by atoms with E-state index in [-0.39, 0.29) is 24.0 Å². The molecule has 1 N–H and O–H groups in total. The van der Waals surface area contributed by atoms with E-state index in [1.54, 1.807) is 7.11 Å². The lowest BCUT2D eigenvalue weighted by atomic mass is 10.2. The van der Waals surface area contributed by atoms with Crippen LogP contribution >= 0.6 is 24.0 Å². The normalized spacial score (nSPS) is 19.5. The van der Waals surface area contributed by atoms with Gasteiger partial charge in [0.1, 0.15) is 5.75 Å². The number of anilines is 1. The van der Waals surface area contributed by atoms with Crippen molar-refractivity contribution in [3.05, 3.63) is 24.3 Å². The van der Waals surface area contributed by atoms with E-state index < -0.39 is 0 Å². The first-order valence-corrected chi connectivity index (χ1v) is 10.9. The lowest BCUT2D eigenvalue weighted by molar-refractivity contribution is 0.0170. The largest absolute Gasteiger partial charge is 0.495 e. The molecule has 2 aliphatic rings. The molecule has 30 heavy (non-hydrogen) atoms. The van der Waals surface area contributed by atoms with E-state index in [9.17, 15) is 0 Å². The Bertz CT molecular complexity index is 633. The molecule has 0 saturated carbocycles. The molecule has 2 heterocycles. The van der Waals surface area contributed by atoms with Gasteiger partial charge in [-0.15, -0.1) is 24.0 Å². The van der Waals surface area contributed by atoms with Crippen LogP contribution in [0.3, 0.4) is 0 Å².